The molecule has 0 bridgehead atoms. The Hall–Kier alpha value is -0.550. The Morgan fingerprint density at radius 1 is 1.60 bits per heavy atom. The van der Waals surface area contributed by atoms with Crippen LogP contribution in [0.5, 0.6) is 0 Å². The molecule has 3 nitrogen and oxygen atoms in total. The number of nitrogens with zero attached hydrogens (tertiary/aromatic N) is 1. The van der Waals surface area contributed by atoms with Crippen LogP contribution in [0.15, 0.2) is 22.8 Å². The van der Waals surface area contributed by atoms with Gasteiger partial charge in [0.15, 0.2) is 0 Å². The zero-order valence-corrected chi connectivity index (χ0v) is 10.8. The zero-order chi connectivity index (χ0) is 11.1. The number of carbonyl (C=O) groups excluding carboxylic acids is 1. The van der Waals surface area contributed by atoms with Crippen LogP contribution >= 0.6 is 27.7 Å². The lowest BCUT2D eigenvalue weighted by Gasteiger charge is -2.01. The second kappa shape index (κ2) is 6.85. The van der Waals surface area contributed by atoms with Crippen LogP contribution in [0.25, 0.3) is 0 Å². The second-order valence-corrected chi connectivity index (χ2v) is 4.67. The van der Waals surface area contributed by atoms with E-state index in [1.54, 1.807) is 13.1 Å². The number of esters is 1. The highest BCUT2D eigenvalue weighted by atomic mass is 79.9. The summed E-state index contributed by atoms with van der Waals surface area (Å²) >= 11 is 4.82. The molecule has 0 atom stereocenters. The first-order valence-electron chi connectivity index (χ1n) is 4.56. The van der Waals surface area contributed by atoms with Gasteiger partial charge in [0.05, 0.1) is 18.1 Å². The Balaban J connectivity index is 2.26. The van der Waals surface area contributed by atoms with Gasteiger partial charge in [-0.25, -0.2) is 0 Å². The minimum absolute atomic E-state index is 0.167. The van der Waals surface area contributed by atoms with E-state index in [0.717, 1.165) is 15.9 Å². The van der Waals surface area contributed by atoms with Crippen molar-refractivity contribution in [3.8, 4) is 0 Å². The molecule has 0 aromatic carbocycles. The summed E-state index contributed by atoms with van der Waals surface area (Å²) in [6, 6.07) is 3.87. The highest BCUT2D eigenvalue weighted by molar-refractivity contribution is 9.10. The van der Waals surface area contributed by atoms with E-state index in [0.29, 0.717) is 12.4 Å². The average Bonchev–Trinajstić information content (AvgIpc) is 2.21. The van der Waals surface area contributed by atoms with Crippen LogP contribution in [0, 0.1) is 0 Å². The molecule has 1 aromatic heterocycles. The summed E-state index contributed by atoms with van der Waals surface area (Å²) in [4.78, 5) is 15.2. The molecule has 82 valence electrons. The van der Waals surface area contributed by atoms with E-state index in [1.165, 1.54) is 11.8 Å². The highest BCUT2D eigenvalue weighted by Crippen LogP contribution is 2.13. The topological polar surface area (TPSA) is 39.2 Å². The van der Waals surface area contributed by atoms with Crippen LogP contribution in [-0.4, -0.2) is 23.3 Å². The predicted molar refractivity (Wildman–Crippen MR) is 64.7 cm³/mol. The predicted octanol–water partition coefficient (Wildman–Crippen LogP) is 2.64. The van der Waals surface area contributed by atoms with Crippen molar-refractivity contribution in [3.05, 3.63) is 28.5 Å². The van der Waals surface area contributed by atoms with E-state index in [9.17, 15) is 4.79 Å². The molecule has 0 radical (unpaired) electrons. The molecule has 0 spiro atoms. The molecule has 1 aromatic rings. The number of carbonyl (C=O) groups is 1. The first kappa shape index (κ1) is 12.5. The van der Waals surface area contributed by atoms with Gasteiger partial charge in [0.1, 0.15) is 0 Å². The minimum atomic E-state index is -0.167. The summed E-state index contributed by atoms with van der Waals surface area (Å²) in [6.45, 7) is 2.24. The van der Waals surface area contributed by atoms with Crippen molar-refractivity contribution in [2.75, 3.05) is 12.4 Å². The summed E-state index contributed by atoms with van der Waals surface area (Å²) in [5.74, 6) is 0.942. The molecule has 1 heterocycles. The molecule has 15 heavy (non-hydrogen) atoms. The van der Waals surface area contributed by atoms with E-state index in [-0.39, 0.29) is 5.97 Å². The SMILES string of the molecule is CCOC(=O)CSCc1ccc(Br)cn1. The van der Waals surface area contributed by atoms with Gasteiger partial charge in [-0.15, -0.1) is 11.8 Å². The standard InChI is InChI=1S/C10H12BrNO2S/c1-2-14-10(13)7-15-6-9-4-3-8(11)5-12-9/h3-5H,2,6-7H2,1H3. The molecule has 5 heteroatoms. The van der Waals surface area contributed by atoms with Crippen LogP contribution in [0.1, 0.15) is 12.6 Å². The molecule has 0 saturated carbocycles. The molecule has 0 aliphatic heterocycles. The lowest BCUT2D eigenvalue weighted by molar-refractivity contribution is -0.139. The number of halogens is 1. The van der Waals surface area contributed by atoms with Gasteiger partial charge in [0, 0.05) is 16.4 Å². The summed E-state index contributed by atoms with van der Waals surface area (Å²) in [5, 5.41) is 0. The molecular formula is C10H12BrNO2S. The maximum absolute atomic E-state index is 11.0. The molecule has 0 aliphatic carbocycles. The van der Waals surface area contributed by atoms with Crippen molar-refractivity contribution >= 4 is 33.7 Å². The fraction of sp³-hybridized carbons (Fsp3) is 0.400. The van der Waals surface area contributed by atoms with Crippen LogP contribution < -0.4 is 0 Å². The lowest BCUT2D eigenvalue weighted by atomic mass is 10.4. The molecule has 0 N–H and O–H groups in total. The van der Waals surface area contributed by atoms with Gasteiger partial charge in [0.25, 0.3) is 0 Å². The fourth-order valence-electron chi connectivity index (χ4n) is 0.933. The first-order valence-corrected chi connectivity index (χ1v) is 6.51. The third-order valence-corrected chi connectivity index (χ3v) is 2.97. The average molecular weight is 290 g/mol. The molecule has 0 amide bonds. The normalized spacial score (nSPS) is 10.0. The number of ether oxygens (including phenoxy) is 1. The Kier molecular flexibility index (Phi) is 5.71. The fourth-order valence-corrected chi connectivity index (χ4v) is 1.90. The van der Waals surface area contributed by atoms with Crippen LogP contribution in [0.2, 0.25) is 0 Å². The molecular weight excluding hydrogens is 278 g/mol. The lowest BCUT2D eigenvalue weighted by Crippen LogP contribution is -2.06. The molecule has 0 fully saturated rings. The van der Waals surface area contributed by atoms with Crippen LogP contribution in [0.4, 0.5) is 0 Å². The van der Waals surface area contributed by atoms with Crippen molar-refractivity contribution in [3.63, 3.8) is 0 Å². The molecule has 0 saturated heterocycles. The number of rotatable bonds is 5. The van der Waals surface area contributed by atoms with Crippen molar-refractivity contribution in [1.29, 1.82) is 0 Å². The van der Waals surface area contributed by atoms with Crippen molar-refractivity contribution < 1.29 is 9.53 Å². The summed E-state index contributed by atoms with van der Waals surface area (Å²) < 4.78 is 5.77. The monoisotopic (exact) mass is 289 g/mol. The number of hydrogen-bond acceptors (Lipinski definition) is 4. The zero-order valence-electron chi connectivity index (χ0n) is 8.40. The largest absolute Gasteiger partial charge is 0.465 e. The van der Waals surface area contributed by atoms with Gasteiger partial charge in [-0.2, -0.15) is 0 Å². The Labute approximate surface area is 102 Å². The third-order valence-electron chi connectivity index (χ3n) is 1.56. The van der Waals surface area contributed by atoms with Crippen molar-refractivity contribution in [2.45, 2.75) is 12.7 Å². The van der Waals surface area contributed by atoms with Gasteiger partial charge in [-0.3, -0.25) is 9.78 Å². The van der Waals surface area contributed by atoms with E-state index in [1.807, 2.05) is 12.1 Å². The van der Waals surface area contributed by atoms with E-state index >= 15 is 0 Å². The number of thioether (sulfide) groups is 1. The van der Waals surface area contributed by atoms with Crippen molar-refractivity contribution in [1.82, 2.24) is 4.98 Å². The van der Waals surface area contributed by atoms with E-state index in [4.69, 9.17) is 4.74 Å². The molecule has 0 aliphatic rings. The van der Waals surface area contributed by atoms with Gasteiger partial charge in [-0.1, -0.05) is 0 Å². The van der Waals surface area contributed by atoms with Crippen molar-refractivity contribution in [2.24, 2.45) is 0 Å². The molecule has 1 rings (SSSR count). The summed E-state index contributed by atoms with van der Waals surface area (Å²) in [6.07, 6.45) is 1.75. The van der Waals surface area contributed by atoms with Crippen LogP contribution in [-0.2, 0) is 15.3 Å². The Bertz CT molecular complexity index is 316. The minimum Gasteiger partial charge on any atom is -0.465 e. The first-order chi connectivity index (χ1) is 7.22. The number of hydrogen-bond donors (Lipinski definition) is 0. The summed E-state index contributed by atoms with van der Waals surface area (Å²) in [7, 11) is 0. The molecule has 0 unspecified atom stereocenters. The van der Waals surface area contributed by atoms with E-state index in [2.05, 4.69) is 20.9 Å². The summed E-state index contributed by atoms with van der Waals surface area (Å²) in [5.41, 5.74) is 0.965. The maximum atomic E-state index is 11.0. The van der Waals surface area contributed by atoms with Gasteiger partial charge >= 0.3 is 5.97 Å². The Morgan fingerprint density at radius 3 is 3.00 bits per heavy atom. The number of aromatic nitrogens is 1. The van der Waals surface area contributed by atoms with Gasteiger partial charge in [-0.05, 0) is 35.0 Å². The van der Waals surface area contributed by atoms with Gasteiger partial charge < -0.3 is 4.74 Å². The van der Waals surface area contributed by atoms with Gasteiger partial charge in [0.2, 0.25) is 0 Å². The van der Waals surface area contributed by atoms with Crippen LogP contribution in [0.3, 0.4) is 0 Å². The second-order valence-electron chi connectivity index (χ2n) is 2.77. The Morgan fingerprint density at radius 2 is 2.40 bits per heavy atom. The highest BCUT2D eigenvalue weighted by Gasteiger charge is 2.02. The maximum Gasteiger partial charge on any atom is 0.315 e. The quantitative estimate of drug-likeness (QED) is 0.782. The smallest absolute Gasteiger partial charge is 0.315 e. The number of pyridine rings is 1. The van der Waals surface area contributed by atoms with E-state index < -0.39 is 0 Å². The third kappa shape index (κ3) is 5.18.